The van der Waals surface area contributed by atoms with Crippen LogP contribution < -0.4 is 15.7 Å². The number of nitrogens with one attached hydrogen (secondary N) is 2. The summed E-state index contributed by atoms with van der Waals surface area (Å²) in [6, 6.07) is 21.8. The molecule has 1 saturated heterocycles. The number of carbonyl (C=O) groups excluding carboxylic acids is 2. The number of piperidine rings is 1. The first kappa shape index (κ1) is 23.6. The van der Waals surface area contributed by atoms with Gasteiger partial charge >= 0.3 is 11.7 Å². The molecule has 36 heavy (non-hydrogen) atoms. The number of nitrogens with zero attached hydrogens (tertiary/aromatic N) is 2. The monoisotopic (exact) mass is 484 g/mol. The number of rotatable bonds is 6. The number of H-pyrrole nitrogens is 1. The third-order valence-corrected chi connectivity index (χ3v) is 6.55. The highest BCUT2D eigenvalue weighted by Crippen LogP contribution is 2.25. The second-order valence-corrected chi connectivity index (χ2v) is 9.15. The van der Waals surface area contributed by atoms with E-state index in [2.05, 4.69) is 15.2 Å². The fourth-order valence-corrected chi connectivity index (χ4v) is 4.64. The number of esters is 1. The Kier molecular flexibility index (Phi) is 6.69. The van der Waals surface area contributed by atoms with Gasteiger partial charge in [0.1, 0.15) is 5.75 Å². The van der Waals surface area contributed by atoms with Crippen molar-refractivity contribution in [3.63, 3.8) is 0 Å². The van der Waals surface area contributed by atoms with E-state index in [9.17, 15) is 14.4 Å². The molecule has 2 N–H and O–H groups in total. The third-order valence-electron chi connectivity index (χ3n) is 6.55. The predicted octanol–water partition coefficient (Wildman–Crippen LogP) is 4.13. The first-order valence-electron chi connectivity index (χ1n) is 12.1. The molecule has 2 heterocycles. The topological polar surface area (TPSA) is 96.4 Å². The molecule has 0 bridgehead atoms. The van der Waals surface area contributed by atoms with Crippen molar-refractivity contribution < 1.29 is 14.3 Å². The van der Waals surface area contributed by atoms with Gasteiger partial charge in [-0.1, -0.05) is 29.8 Å². The minimum atomic E-state index is -0.450. The number of para-hydroxylation sites is 2. The highest BCUT2D eigenvalue weighted by molar-refractivity contribution is 5.94. The molecular weight excluding hydrogens is 456 g/mol. The Morgan fingerprint density at radius 1 is 0.972 bits per heavy atom. The second-order valence-electron chi connectivity index (χ2n) is 9.15. The van der Waals surface area contributed by atoms with Crippen LogP contribution in [0.4, 0.5) is 5.69 Å². The first-order chi connectivity index (χ1) is 17.5. The number of ether oxygens (including phenoxy) is 1. The number of anilines is 1. The van der Waals surface area contributed by atoms with E-state index >= 15 is 0 Å². The van der Waals surface area contributed by atoms with Crippen molar-refractivity contribution in [1.82, 2.24) is 14.5 Å². The third kappa shape index (κ3) is 5.23. The van der Waals surface area contributed by atoms with Crippen molar-refractivity contribution in [3.05, 3.63) is 94.4 Å². The Morgan fingerprint density at radius 2 is 1.67 bits per heavy atom. The van der Waals surface area contributed by atoms with Gasteiger partial charge in [-0.3, -0.25) is 14.3 Å². The van der Waals surface area contributed by atoms with Gasteiger partial charge in [0.2, 0.25) is 5.91 Å². The molecule has 1 aliphatic rings. The molecule has 8 nitrogen and oxygen atoms in total. The quantitative estimate of drug-likeness (QED) is 0.317. The van der Waals surface area contributed by atoms with Crippen LogP contribution in [0.3, 0.4) is 0 Å². The molecule has 1 aromatic heterocycles. The molecule has 0 unspecified atom stereocenters. The number of aromatic nitrogens is 2. The molecule has 1 amide bonds. The lowest BCUT2D eigenvalue weighted by Gasteiger charge is -2.32. The fourth-order valence-electron chi connectivity index (χ4n) is 4.64. The van der Waals surface area contributed by atoms with E-state index in [1.165, 1.54) is 0 Å². The van der Waals surface area contributed by atoms with Crippen LogP contribution >= 0.6 is 0 Å². The van der Waals surface area contributed by atoms with E-state index in [0.29, 0.717) is 17.0 Å². The van der Waals surface area contributed by atoms with Crippen LogP contribution in [-0.4, -0.2) is 46.0 Å². The minimum absolute atomic E-state index is 0.0846. The zero-order chi connectivity index (χ0) is 25.1. The molecule has 1 fully saturated rings. The highest BCUT2D eigenvalue weighted by Gasteiger charge is 2.24. The first-order valence-corrected chi connectivity index (χ1v) is 12.1. The van der Waals surface area contributed by atoms with E-state index in [-0.39, 0.29) is 24.2 Å². The lowest BCUT2D eigenvalue weighted by atomic mass is 10.0. The van der Waals surface area contributed by atoms with Crippen LogP contribution in [0.15, 0.2) is 77.6 Å². The van der Waals surface area contributed by atoms with Gasteiger partial charge in [-0.15, -0.1) is 0 Å². The number of likely N-dealkylation sites (tertiary alicyclic amines) is 1. The minimum Gasteiger partial charge on any atom is -0.423 e. The normalized spacial score (nSPS) is 14.6. The summed E-state index contributed by atoms with van der Waals surface area (Å²) < 4.78 is 7.23. The van der Waals surface area contributed by atoms with Crippen LogP contribution in [0.25, 0.3) is 11.0 Å². The van der Waals surface area contributed by atoms with Crippen molar-refractivity contribution >= 4 is 28.6 Å². The van der Waals surface area contributed by atoms with Crippen molar-refractivity contribution in [2.24, 2.45) is 0 Å². The molecule has 3 aromatic carbocycles. The summed E-state index contributed by atoms with van der Waals surface area (Å²) in [5, 5.41) is 2.89. The Morgan fingerprint density at radius 3 is 2.39 bits per heavy atom. The molecule has 0 aliphatic carbocycles. The maximum atomic E-state index is 12.6. The second kappa shape index (κ2) is 10.2. The Balaban J connectivity index is 1.12. The molecule has 0 atom stereocenters. The van der Waals surface area contributed by atoms with Crippen molar-refractivity contribution in [1.29, 1.82) is 0 Å². The molecular formula is C28H28N4O4. The van der Waals surface area contributed by atoms with Gasteiger partial charge in [-0.25, -0.2) is 9.59 Å². The van der Waals surface area contributed by atoms with E-state index < -0.39 is 5.97 Å². The zero-order valence-electron chi connectivity index (χ0n) is 20.1. The van der Waals surface area contributed by atoms with Gasteiger partial charge in [0, 0.05) is 24.8 Å². The molecule has 8 heteroatoms. The van der Waals surface area contributed by atoms with Crippen LogP contribution in [0.2, 0.25) is 0 Å². The summed E-state index contributed by atoms with van der Waals surface area (Å²) in [6.45, 7) is 3.70. The summed E-state index contributed by atoms with van der Waals surface area (Å²) in [6.07, 6.45) is 1.60. The average molecular weight is 485 g/mol. The average Bonchev–Trinajstić information content (AvgIpc) is 3.22. The SMILES string of the molecule is Cc1ccc(OC(=O)c2ccc(NC(=O)CN3CCC(n4c(=O)[nH]c5ccccc54)CC3)cc2)cc1. The van der Waals surface area contributed by atoms with E-state index in [0.717, 1.165) is 42.5 Å². The number of fused-ring (bicyclic) bond motifs is 1. The van der Waals surface area contributed by atoms with Crippen molar-refractivity contribution in [2.75, 3.05) is 25.0 Å². The number of aryl methyl sites for hydroxylation is 1. The smallest absolute Gasteiger partial charge is 0.343 e. The number of amides is 1. The molecule has 0 spiro atoms. The Hall–Kier alpha value is -4.17. The number of imidazole rings is 1. The zero-order valence-corrected chi connectivity index (χ0v) is 20.1. The van der Waals surface area contributed by atoms with Gasteiger partial charge in [-0.2, -0.15) is 0 Å². The fraction of sp³-hybridized carbons (Fsp3) is 0.250. The summed E-state index contributed by atoms with van der Waals surface area (Å²) in [5.74, 6) is -0.0806. The molecule has 1 aliphatic heterocycles. The Labute approximate surface area is 208 Å². The predicted molar refractivity (Wildman–Crippen MR) is 138 cm³/mol. The van der Waals surface area contributed by atoms with Gasteiger partial charge in [0.05, 0.1) is 23.1 Å². The lowest BCUT2D eigenvalue weighted by Crippen LogP contribution is -2.41. The molecule has 0 saturated carbocycles. The summed E-state index contributed by atoms with van der Waals surface area (Å²) >= 11 is 0. The standard InChI is InChI=1S/C28H28N4O4/c1-19-6-12-23(13-7-19)36-27(34)20-8-10-21(11-9-20)29-26(33)18-31-16-14-22(15-17-31)32-25-5-3-2-4-24(25)30-28(32)35/h2-13,22H,14-18H2,1H3,(H,29,33)(H,30,35). The van der Waals surface area contributed by atoms with Gasteiger partial charge in [0.25, 0.3) is 0 Å². The summed E-state index contributed by atoms with van der Waals surface area (Å²) in [5.41, 5.74) is 3.79. The molecule has 0 radical (unpaired) electrons. The van der Waals surface area contributed by atoms with Gasteiger partial charge in [-0.05, 0) is 68.3 Å². The highest BCUT2D eigenvalue weighted by atomic mass is 16.5. The van der Waals surface area contributed by atoms with Crippen LogP contribution in [0, 0.1) is 6.92 Å². The van der Waals surface area contributed by atoms with E-state index in [1.54, 1.807) is 36.4 Å². The van der Waals surface area contributed by atoms with Gasteiger partial charge < -0.3 is 15.0 Å². The van der Waals surface area contributed by atoms with Gasteiger partial charge in [0.15, 0.2) is 0 Å². The maximum absolute atomic E-state index is 12.6. The molecule has 184 valence electrons. The number of hydrogen-bond donors (Lipinski definition) is 2. The number of hydrogen-bond acceptors (Lipinski definition) is 5. The Bertz CT molecular complexity index is 1430. The lowest BCUT2D eigenvalue weighted by molar-refractivity contribution is -0.117. The van der Waals surface area contributed by atoms with Crippen molar-refractivity contribution in [3.8, 4) is 5.75 Å². The van der Waals surface area contributed by atoms with Crippen LogP contribution in [-0.2, 0) is 4.79 Å². The van der Waals surface area contributed by atoms with Crippen LogP contribution in [0.1, 0.15) is 34.8 Å². The summed E-state index contributed by atoms with van der Waals surface area (Å²) in [7, 11) is 0. The largest absolute Gasteiger partial charge is 0.423 e. The van der Waals surface area contributed by atoms with Crippen molar-refractivity contribution in [2.45, 2.75) is 25.8 Å². The molecule has 4 aromatic rings. The molecule has 5 rings (SSSR count). The van der Waals surface area contributed by atoms with E-state index in [4.69, 9.17) is 4.74 Å². The summed E-state index contributed by atoms with van der Waals surface area (Å²) in [4.78, 5) is 42.5. The number of benzene rings is 3. The number of aromatic amines is 1. The van der Waals surface area contributed by atoms with E-state index in [1.807, 2.05) is 47.9 Å². The van der Waals surface area contributed by atoms with Crippen LogP contribution in [0.5, 0.6) is 5.75 Å². The maximum Gasteiger partial charge on any atom is 0.343 e. The number of carbonyl (C=O) groups is 2.